The molecule has 1 saturated carbocycles. The van der Waals surface area contributed by atoms with Gasteiger partial charge in [0, 0.05) is 13.2 Å². The average Bonchev–Trinajstić information content (AvgIpc) is 3.05. The van der Waals surface area contributed by atoms with Gasteiger partial charge in [0.2, 0.25) is 0 Å². The number of rotatable bonds is 6. The minimum absolute atomic E-state index is 0.123. The van der Waals surface area contributed by atoms with Crippen molar-refractivity contribution in [2.45, 2.75) is 44.5 Å². The quantitative estimate of drug-likeness (QED) is 0.665. The summed E-state index contributed by atoms with van der Waals surface area (Å²) in [5.41, 5.74) is 0.507. The summed E-state index contributed by atoms with van der Waals surface area (Å²) in [4.78, 5) is 22.2. The van der Waals surface area contributed by atoms with Gasteiger partial charge in [0.15, 0.2) is 0 Å². The van der Waals surface area contributed by atoms with E-state index >= 15 is 0 Å². The summed E-state index contributed by atoms with van der Waals surface area (Å²) in [6.45, 7) is -0.0500. The van der Waals surface area contributed by atoms with Crippen LogP contribution in [-0.4, -0.2) is 51.4 Å². The van der Waals surface area contributed by atoms with Crippen LogP contribution in [0.25, 0.3) is 0 Å². The third-order valence-corrected chi connectivity index (χ3v) is 3.37. The topological polar surface area (TPSA) is 118 Å². The van der Waals surface area contributed by atoms with Crippen LogP contribution < -0.4 is 10.6 Å². The first kappa shape index (κ1) is 15.2. The van der Waals surface area contributed by atoms with E-state index in [0.29, 0.717) is 5.69 Å². The lowest BCUT2D eigenvalue weighted by Gasteiger charge is -2.13. The molecule has 1 aromatic heterocycles. The molecule has 2 atom stereocenters. The van der Waals surface area contributed by atoms with Gasteiger partial charge in [-0.05, 0) is 19.3 Å². The van der Waals surface area contributed by atoms with Gasteiger partial charge in [-0.2, -0.15) is 0 Å². The molecule has 1 aliphatic carbocycles. The normalized spacial score (nSPS) is 21.2. The van der Waals surface area contributed by atoms with Crippen LogP contribution in [0.4, 0.5) is 4.79 Å². The van der Waals surface area contributed by atoms with Gasteiger partial charge in [0.05, 0.1) is 18.8 Å². The van der Waals surface area contributed by atoms with Gasteiger partial charge < -0.3 is 20.5 Å². The first-order valence-electron chi connectivity index (χ1n) is 6.74. The Labute approximate surface area is 121 Å². The molecule has 0 saturated heterocycles. The maximum absolute atomic E-state index is 11.7. The smallest absolute Gasteiger partial charge is 0.325 e. The minimum atomic E-state index is -0.994. The highest BCUT2D eigenvalue weighted by Gasteiger charge is 2.25. The lowest BCUT2D eigenvalue weighted by atomic mass is 10.2. The molecule has 2 amide bonds. The molecule has 1 heterocycles. The molecule has 3 N–H and O–H groups in total. The van der Waals surface area contributed by atoms with E-state index < -0.39 is 5.97 Å². The Morgan fingerprint density at radius 3 is 3.00 bits per heavy atom. The minimum Gasteiger partial charge on any atom is -0.480 e. The Morgan fingerprint density at radius 2 is 2.33 bits per heavy atom. The molecule has 21 heavy (non-hydrogen) atoms. The van der Waals surface area contributed by atoms with Gasteiger partial charge in [0.1, 0.15) is 12.2 Å². The third kappa shape index (κ3) is 4.71. The molecule has 9 heteroatoms. The fourth-order valence-corrected chi connectivity index (χ4v) is 2.33. The summed E-state index contributed by atoms with van der Waals surface area (Å²) in [5, 5.41) is 21.6. The zero-order valence-corrected chi connectivity index (χ0v) is 11.8. The van der Waals surface area contributed by atoms with Crippen molar-refractivity contribution in [3.63, 3.8) is 0 Å². The Hall–Kier alpha value is -2.16. The molecule has 1 aromatic rings. The number of hydrogen-bond donors (Lipinski definition) is 3. The Balaban J connectivity index is 1.71. The Morgan fingerprint density at radius 1 is 1.52 bits per heavy atom. The van der Waals surface area contributed by atoms with E-state index in [2.05, 4.69) is 20.9 Å². The van der Waals surface area contributed by atoms with E-state index in [4.69, 9.17) is 9.84 Å². The highest BCUT2D eigenvalue weighted by molar-refractivity contribution is 5.74. The van der Waals surface area contributed by atoms with E-state index in [1.165, 1.54) is 10.9 Å². The van der Waals surface area contributed by atoms with Crippen molar-refractivity contribution in [2.75, 3.05) is 7.11 Å². The van der Waals surface area contributed by atoms with Crippen molar-refractivity contribution in [1.82, 2.24) is 25.6 Å². The summed E-state index contributed by atoms with van der Waals surface area (Å²) < 4.78 is 6.45. The van der Waals surface area contributed by atoms with E-state index in [1.807, 2.05) is 0 Å². The van der Waals surface area contributed by atoms with Gasteiger partial charge >= 0.3 is 12.0 Å². The summed E-state index contributed by atoms with van der Waals surface area (Å²) in [7, 11) is 1.67. The monoisotopic (exact) mass is 297 g/mol. The first-order valence-corrected chi connectivity index (χ1v) is 6.74. The number of methoxy groups -OCH3 is 1. The maximum atomic E-state index is 11.7. The van der Waals surface area contributed by atoms with Crippen LogP contribution in [0.15, 0.2) is 6.20 Å². The number of carboxylic acid groups (broad SMARTS) is 1. The molecule has 1 fully saturated rings. The van der Waals surface area contributed by atoms with Gasteiger partial charge in [-0.15, -0.1) is 5.10 Å². The molecular weight excluding hydrogens is 278 g/mol. The zero-order valence-electron chi connectivity index (χ0n) is 11.8. The van der Waals surface area contributed by atoms with Gasteiger partial charge in [-0.3, -0.25) is 4.79 Å². The molecule has 2 rings (SSSR count). The summed E-state index contributed by atoms with van der Waals surface area (Å²) >= 11 is 0. The molecule has 0 bridgehead atoms. The first-order chi connectivity index (χ1) is 10.1. The van der Waals surface area contributed by atoms with Crippen LogP contribution in [0.2, 0.25) is 0 Å². The number of ether oxygens (including phenoxy) is 1. The predicted octanol–water partition coefficient (Wildman–Crippen LogP) is -0.271. The van der Waals surface area contributed by atoms with Gasteiger partial charge in [0.25, 0.3) is 0 Å². The van der Waals surface area contributed by atoms with E-state index in [1.54, 1.807) is 7.11 Å². The molecule has 0 radical (unpaired) electrons. The number of urea groups is 1. The molecule has 0 aromatic carbocycles. The summed E-state index contributed by atoms with van der Waals surface area (Å²) in [5.74, 6) is -0.994. The number of carbonyl (C=O) groups excluding carboxylic acids is 1. The van der Waals surface area contributed by atoms with Crippen LogP contribution in [0, 0.1) is 0 Å². The standard InChI is InChI=1S/C12H19N5O4/c1-21-10-3-2-8(4-10)14-12(20)13-5-9-6-17(16-15-9)7-11(18)19/h6,8,10H,2-5,7H2,1H3,(H,18,19)(H2,13,14,20). The molecule has 0 aliphatic heterocycles. The lowest BCUT2D eigenvalue weighted by molar-refractivity contribution is -0.137. The Bertz CT molecular complexity index is 504. The average molecular weight is 297 g/mol. The second kappa shape index (κ2) is 7.02. The largest absolute Gasteiger partial charge is 0.480 e. The van der Waals surface area contributed by atoms with Crippen molar-refractivity contribution in [3.8, 4) is 0 Å². The van der Waals surface area contributed by atoms with Crippen molar-refractivity contribution in [3.05, 3.63) is 11.9 Å². The molecular formula is C12H19N5O4. The van der Waals surface area contributed by atoms with Crippen LogP contribution in [0.1, 0.15) is 25.0 Å². The highest BCUT2D eigenvalue weighted by atomic mass is 16.5. The van der Waals surface area contributed by atoms with E-state index in [-0.39, 0.29) is 31.3 Å². The number of amides is 2. The number of aromatic nitrogens is 3. The SMILES string of the molecule is COC1CCC(NC(=O)NCc2cn(CC(=O)O)nn2)C1. The van der Waals surface area contributed by atoms with Crippen LogP contribution >= 0.6 is 0 Å². The number of nitrogens with zero attached hydrogens (tertiary/aromatic N) is 3. The molecule has 0 spiro atoms. The van der Waals surface area contributed by atoms with Gasteiger partial charge in [-0.25, -0.2) is 9.48 Å². The maximum Gasteiger partial charge on any atom is 0.325 e. The number of carbonyl (C=O) groups is 2. The number of hydrogen-bond acceptors (Lipinski definition) is 5. The van der Waals surface area contributed by atoms with Crippen LogP contribution in [-0.2, 0) is 22.6 Å². The van der Waals surface area contributed by atoms with Crippen LogP contribution in [0.3, 0.4) is 0 Å². The van der Waals surface area contributed by atoms with Crippen molar-refractivity contribution in [1.29, 1.82) is 0 Å². The number of carboxylic acids is 1. The van der Waals surface area contributed by atoms with Crippen molar-refractivity contribution < 1.29 is 19.4 Å². The second-order valence-electron chi connectivity index (χ2n) is 5.00. The third-order valence-electron chi connectivity index (χ3n) is 3.37. The number of nitrogens with one attached hydrogen (secondary N) is 2. The molecule has 9 nitrogen and oxygen atoms in total. The Kier molecular flexibility index (Phi) is 5.09. The summed E-state index contributed by atoms with van der Waals surface area (Å²) in [6, 6.07) is -0.151. The number of aliphatic carboxylic acids is 1. The van der Waals surface area contributed by atoms with Gasteiger partial charge in [-0.1, -0.05) is 5.21 Å². The second-order valence-corrected chi connectivity index (χ2v) is 5.00. The lowest BCUT2D eigenvalue weighted by Crippen LogP contribution is -2.41. The summed E-state index contributed by atoms with van der Waals surface area (Å²) in [6.07, 6.45) is 4.38. The van der Waals surface area contributed by atoms with Crippen LogP contribution in [0.5, 0.6) is 0 Å². The van der Waals surface area contributed by atoms with Crippen molar-refractivity contribution >= 4 is 12.0 Å². The molecule has 1 aliphatic rings. The fourth-order valence-electron chi connectivity index (χ4n) is 2.33. The fraction of sp³-hybridized carbons (Fsp3) is 0.667. The van der Waals surface area contributed by atoms with E-state index in [9.17, 15) is 9.59 Å². The van der Waals surface area contributed by atoms with E-state index in [0.717, 1.165) is 19.3 Å². The molecule has 2 unspecified atom stereocenters. The predicted molar refractivity (Wildman–Crippen MR) is 71.5 cm³/mol. The van der Waals surface area contributed by atoms with Crippen molar-refractivity contribution in [2.24, 2.45) is 0 Å². The molecule has 116 valence electrons. The zero-order chi connectivity index (χ0) is 15.2. The highest BCUT2D eigenvalue weighted by Crippen LogP contribution is 2.21.